The first-order valence-corrected chi connectivity index (χ1v) is 7.74. The average Bonchev–Trinajstić information content (AvgIpc) is 3.18. The first kappa shape index (κ1) is 15.7. The Morgan fingerprint density at radius 3 is 2.92 bits per heavy atom. The second-order valence-corrected chi connectivity index (χ2v) is 5.42. The lowest BCUT2D eigenvalue weighted by molar-refractivity contribution is 0.262. The molecule has 3 aromatic heterocycles. The molecule has 0 bridgehead atoms. The molecule has 0 unspecified atom stereocenters. The Bertz CT molecular complexity index is 823. The van der Waals surface area contributed by atoms with Crippen molar-refractivity contribution in [3.05, 3.63) is 48.2 Å². The minimum absolute atomic E-state index is 0.342. The van der Waals surface area contributed by atoms with Crippen LogP contribution in [0.4, 0.5) is 16.2 Å². The summed E-state index contributed by atoms with van der Waals surface area (Å²) in [6, 6.07) is 3.55. The standard InChI is InChI=1S/C16H19N7O/c1-3-4-14-13(22-16(24)21-12-8-18-19-9-12)10-20-23(14)15-7-11(2)5-6-17-15/h5-10H,3-4H2,1-2H3,(H,18,19)(H2,21,22,24). The van der Waals surface area contributed by atoms with Crippen LogP contribution in [0.5, 0.6) is 0 Å². The van der Waals surface area contributed by atoms with Crippen molar-refractivity contribution in [2.24, 2.45) is 0 Å². The van der Waals surface area contributed by atoms with Crippen LogP contribution in [0.3, 0.4) is 0 Å². The van der Waals surface area contributed by atoms with Crippen LogP contribution in [0.25, 0.3) is 5.82 Å². The third kappa shape index (κ3) is 3.43. The summed E-state index contributed by atoms with van der Waals surface area (Å²) in [6.07, 6.45) is 8.23. The smallest absolute Gasteiger partial charge is 0.305 e. The minimum Gasteiger partial charge on any atom is -0.305 e. The number of anilines is 2. The molecule has 8 heteroatoms. The Kier molecular flexibility index (Phi) is 4.55. The molecular weight excluding hydrogens is 306 g/mol. The predicted molar refractivity (Wildman–Crippen MR) is 91.3 cm³/mol. The topological polar surface area (TPSA) is 101 Å². The van der Waals surface area contributed by atoms with Crippen LogP contribution in [0.15, 0.2) is 36.9 Å². The minimum atomic E-state index is -0.342. The first-order chi connectivity index (χ1) is 11.7. The fourth-order valence-corrected chi connectivity index (χ4v) is 2.39. The van der Waals surface area contributed by atoms with E-state index in [1.165, 1.54) is 6.20 Å². The zero-order chi connectivity index (χ0) is 16.9. The van der Waals surface area contributed by atoms with Gasteiger partial charge < -0.3 is 10.6 Å². The summed E-state index contributed by atoms with van der Waals surface area (Å²) >= 11 is 0. The SMILES string of the molecule is CCCc1c(NC(=O)Nc2cn[nH]c2)cnn1-c1cc(C)ccn1. The summed E-state index contributed by atoms with van der Waals surface area (Å²) in [4.78, 5) is 16.5. The molecule has 3 rings (SSSR count). The molecule has 0 aliphatic rings. The molecule has 0 spiro atoms. The molecule has 0 aromatic carbocycles. The van der Waals surface area contributed by atoms with Gasteiger partial charge in [0.2, 0.25) is 0 Å². The number of hydrogen-bond acceptors (Lipinski definition) is 4. The quantitative estimate of drug-likeness (QED) is 0.671. The Hall–Kier alpha value is -3.16. The van der Waals surface area contributed by atoms with Crippen LogP contribution >= 0.6 is 0 Å². The molecular formula is C16H19N7O. The number of carbonyl (C=O) groups is 1. The van der Waals surface area contributed by atoms with Crippen molar-refractivity contribution < 1.29 is 4.79 Å². The molecule has 24 heavy (non-hydrogen) atoms. The van der Waals surface area contributed by atoms with Crippen LogP contribution in [0.1, 0.15) is 24.6 Å². The van der Waals surface area contributed by atoms with E-state index in [-0.39, 0.29) is 6.03 Å². The Morgan fingerprint density at radius 1 is 1.33 bits per heavy atom. The maximum Gasteiger partial charge on any atom is 0.323 e. The Morgan fingerprint density at radius 2 is 2.21 bits per heavy atom. The number of aromatic amines is 1. The van der Waals surface area contributed by atoms with Gasteiger partial charge in [-0.05, 0) is 31.0 Å². The molecule has 124 valence electrons. The molecule has 0 aliphatic carbocycles. The van der Waals surface area contributed by atoms with Crippen molar-refractivity contribution in [2.45, 2.75) is 26.7 Å². The van der Waals surface area contributed by atoms with Crippen molar-refractivity contribution in [3.63, 3.8) is 0 Å². The van der Waals surface area contributed by atoms with Crippen LogP contribution in [0, 0.1) is 6.92 Å². The lowest BCUT2D eigenvalue weighted by atomic mass is 10.2. The molecule has 0 atom stereocenters. The van der Waals surface area contributed by atoms with Crippen molar-refractivity contribution >= 4 is 17.4 Å². The number of aromatic nitrogens is 5. The van der Waals surface area contributed by atoms with Gasteiger partial charge in [0.05, 0.1) is 29.5 Å². The van der Waals surface area contributed by atoms with Gasteiger partial charge in [-0.3, -0.25) is 5.10 Å². The molecule has 0 aliphatic heterocycles. The van der Waals surface area contributed by atoms with Gasteiger partial charge in [-0.1, -0.05) is 13.3 Å². The third-order valence-corrected chi connectivity index (χ3v) is 3.48. The highest BCUT2D eigenvalue weighted by molar-refractivity contribution is 5.99. The molecule has 3 heterocycles. The third-order valence-electron chi connectivity index (χ3n) is 3.48. The van der Waals surface area contributed by atoms with Gasteiger partial charge in [0.1, 0.15) is 0 Å². The molecule has 2 amide bonds. The molecule has 3 N–H and O–H groups in total. The van der Waals surface area contributed by atoms with Crippen molar-refractivity contribution in [1.29, 1.82) is 0 Å². The molecule has 0 saturated carbocycles. The van der Waals surface area contributed by atoms with Crippen molar-refractivity contribution in [3.8, 4) is 5.82 Å². The maximum atomic E-state index is 12.1. The molecule has 0 fully saturated rings. The monoisotopic (exact) mass is 325 g/mol. The summed E-state index contributed by atoms with van der Waals surface area (Å²) in [6.45, 7) is 4.09. The van der Waals surface area contributed by atoms with Crippen LogP contribution in [0.2, 0.25) is 0 Å². The number of rotatable bonds is 5. The van der Waals surface area contributed by atoms with E-state index >= 15 is 0 Å². The number of amides is 2. The van der Waals surface area contributed by atoms with Crippen LogP contribution in [-0.4, -0.2) is 31.0 Å². The highest BCUT2D eigenvalue weighted by atomic mass is 16.2. The molecule has 8 nitrogen and oxygen atoms in total. The molecule has 0 saturated heterocycles. The zero-order valence-corrected chi connectivity index (χ0v) is 13.6. The molecule has 3 aromatic rings. The van der Waals surface area contributed by atoms with E-state index in [0.29, 0.717) is 11.4 Å². The number of pyridine rings is 1. The van der Waals surface area contributed by atoms with Crippen LogP contribution < -0.4 is 10.6 Å². The number of aryl methyl sites for hydroxylation is 1. The van der Waals surface area contributed by atoms with E-state index in [2.05, 4.69) is 37.8 Å². The van der Waals surface area contributed by atoms with E-state index in [1.807, 2.05) is 19.1 Å². The molecule has 0 radical (unpaired) electrons. The summed E-state index contributed by atoms with van der Waals surface area (Å²) in [5, 5.41) is 16.4. The van der Waals surface area contributed by atoms with E-state index in [9.17, 15) is 4.79 Å². The zero-order valence-electron chi connectivity index (χ0n) is 13.6. The fourth-order valence-electron chi connectivity index (χ4n) is 2.39. The number of H-pyrrole nitrogens is 1. The largest absolute Gasteiger partial charge is 0.323 e. The van der Waals surface area contributed by atoms with E-state index < -0.39 is 0 Å². The van der Waals surface area contributed by atoms with Crippen molar-refractivity contribution in [2.75, 3.05) is 10.6 Å². The van der Waals surface area contributed by atoms with Gasteiger partial charge >= 0.3 is 6.03 Å². The maximum absolute atomic E-state index is 12.1. The lowest BCUT2D eigenvalue weighted by Gasteiger charge is -2.10. The van der Waals surface area contributed by atoms with Crippen LogP contribution in [-0.2, 0) is 6.42 Å². The van der Waals surface area contributed by atoms with Gasteiger partial charge in [-0.15, -0.1) is 0 Å². The number of carbonyl (C=O) groups excluding carboxylic acids is 1. The predicted octanol–water partition coefficient (Wildman–Crippen LogP) is 2.90. The Balaban J connectivity index is 1.84. The van der Waals surface area contributed by atoms with E-state index in [0.717, 1.165) is 29.9 Å². The van der Waals surface area contributed by atoms with Gasteiger partial charge in [-0.25, -0.2) is 14.5 Å². The normalized spacial score (nSPS) is 10.6. The number of nitrogens with zero attached hydrogens (tertiary/aromatic N) is 4. The van der Waals surface area contributed by atoms with Crippen molar-refractivity contribution in [1.82, 2.24) is 25.0 Å². The second kappa shape index (κ2) is 6.95. The fraction of sp³-hybridized carbons (Fsp3) is 0.250. The van der Waals surface area contributed by atoms with Gasteiger partial charge in [0.15, 0.2) is 5.82 Å². The number of hydrogen-bond donors (Lipinski definition) is 3. The summed E-state index contributed by atoms with van der Waals surface area (Å²) in [5.74, 6) is 0.738. The lowest BCUT2D eigenvalue weighted by Crippen LogP contribution is -2.20. The van der Waals surface area contributed by atoms with Gasteiger partial charge in [0.25, 0.3) is 0 Å². The number of urea groups is 1. The van der Waals surface area contributed by atoms with Gasteiger partial charge in [-0.2, -0.15) is 10.2 Å². The van der Waals surface area contributed by atoms with E-state index in [4.69, 9.17) is 0 Å². The Labute approximate surface area is 139 Å². The van der Waals surface area contributed by atoms with Gasteiger partial charge in [0, 0.05) is 12.4 Å². The van der Waals surface area contributed by atoms with E-state index in [1.54, 1.807) is 23.3 Å². The summed E-state index contributed by atoms with van der Waals surface area (Å²) in [7, 11) is 0. The number of nitrogens with one attached hydrogen (secondary N) is 3. The highest BCUT2D eigenvalue weighted by Crippen LogP contribution is 2.21. The first-order valence-electron chi connectivity index (χ1n) is 7.74. The second-order valence-electron chi connectivity index (χ2n) is 5.42. The summed E-state index contributed by atoms with van der Waals surface area (Å²) < 4.78 is 1.77. The highest BCUT2D eigenvalue weighted by Gasteiger charge is 2.15. The summed E-state index contributed by atoms with van der Waals surface area (Å²) in [5.41, 5.74) is 3.28. The average molecular weight is 325 g/mol.